The molecule has 0 aromatic heterocycles. The lowest BCUT2D eigenvalue weighted by atomic mass is 9.84. The van der Waals surface area contributed by atoms with Crippen molar-refractivity contribution in [1.29, 1.82) is 0 Å². The lowest BCUT2D eigenvalue weighted by Crippen LogP contribution is -2.49. The van der Waals surface area contributed by atoms with E-state index in [4.69, 9.17) is 4.74 Å². The molecule has 110 valence electrons. The number of hydrogen-bond acceptors (Lipinski definition) is 5. The molecule has 1 rings (SSSR count). The Labute approximate surface area is 113 Å². The van der Waals surface area contributed by atoms with Gasteiger partial charge < -0.3 is 19.9 Å². The molecule has 19 heavy (non-hydrogen) atoms. The molecular weight excluding hydrogens is 250 g/mol. The Bertz CT molecular complexity index is 336. The van der Waals surface area contributed by atoms with Crippen LogP contribution in [0.15, 0.2) is 0 Å². The van der Waals surface area contributed by atoms with Gasteiger partial charge in [-0.25, -0.2) is 4.79 Å². The first-order valence-corrected chi connectivity index (χ1v) is 6.48. The smallest absolute Gasteiger partial charge is 0.407 e. The van der Waals surface area contributed by atoms with E-state index in [1.165, 1.54) is 7.11 Å². The van der Waals surface area contributed by atoms with Crippen LogP contribution in [0.5, 0.6) is 0 Å². The minimum Gasteiger partial charge on any atom is -0.469 e. The number of esters is 1. The fourth-order valence-electron chi connectivity index (χ4n) is 2.15. The van der Waals surface area contributed by atoms with E-state index in [0.29, 0.717) is 19.3 Å². The molecule has 1 fully saturated rings. The van der Waals surface area contributed by atoms with Crippen LogP contribution in [0.2, 0.25) is 0 Å². The van der Waals surface area contributed by atoms with Crippen LogP contribution >= 0.6 is 0 Å². The van der Waals surface area contributed by atoms with E-state index in [1.54, 1.807) is 20.8 Å². The molecule has 1 aliphatic rings. The average molecular weight is 273 g/mol. The third-order valence-electron chi connectivity index (χ3n) is 3.05. The highest BCUT2D eigenvalue weighted by Crippen LogP contribution is 2.26. The van der Waals surface area contributed by atoms with Gasteiger partial charge in [-0.05, 0) is 40.0 Å². The van der Waals surface area contributed by atoms with Gasteiger partial charge in [-0.15, -0.1) is 0 Å². The Morgan fingerprint density at radius 2 is 1.89 bits per heavy atom. The molecule has 0 aromatic rings. The van der Waals surface area contributed by atoms with E-state index < -0.39 is 17.8 Å². The summed E-state index contributed by atoms with van der Waals surface area (Å²) in [5, 5.41) is 12.6. The number of alkyl carbamates (subject to hydrolysis) is 1. The van der Waals surface area contributed by atoms with Gasteiger partial charge in [0, 0.05) is 0 Å². The maximum atomic E-state index is 11.6. The fourth-order valence-corrected chi connectivity index (χ4v) is 2.15. The van der Waals surface area contributed by atoms with Gasteiger partial charge in [0.15, 0.2) is 0 Å². The highest BCUT2D eigenvalue weighted by molar-refractivity contribution is 5.72. The summed E-state index contributed by atoms with van der Waals surface area (Å²) < 4.78 is 9.79. The van der Waals surface area contributed by atoms with Gasteiger partial charge in [-0.1, -0.05) is 0 Å². The monoisotopic (exact) mass is 273 g/mol. The number of aliphatic hydroxyl groups excluding tert-OH is 1. The van der Waals surface area contributed by atoms with Crippen molar-refractivity contribution in [3.05, 3.63) is 0 Å². The number of methoxy groups -OCH3 is 1. The molecule has 0 saturated heterocycles. The summed E-state index contributed by atoms with van der Waals surface area (Å²) in [6, 6.07) is -0.379. The minimum atomic E-state index is -0.759. The topological polar surface area (TPSA) is 84.9 Å². The maximum absolute atomic E-state index is 11.6. The Morgan fingerprint density at radius 1 is 1.26 bits per heavy atom. The first-order chi connectivity index (χ1) is 8.73. The maximum Gasteiger partial charge on any atom is 0.407 e. The predicted octanol–water partition coefficient (Wildman–Crippen LogP) is 1.21. The van der Waals surface area contributed by atoms with Gasteiger partial charge in [0.25, 0.3) is 0 Å². The Balaban J connectivity index is 2.46. The van der Waals surface area contributed by atoms with Crippen LogP contribution in [-0.2, 0) is 14.3 Å². The first-order valence-electron chi connectivity index (χ1n) is 6.48. The Morgan fingerprint density at radius 3 is 2.37 bits per heavy atom. The first kappa shape index (κ1) is 15.8. The summed E-state index contributed by atoms with van der Waals surface area (Å²) in [4.78, 5) is 23.0. The van der Waals surface area contributed by atoms with Crippen molar-refractivity contribution >= 4 is 12.1 Å². The second-order valence-electron chi connectivity index (χ2n) is 5.85. The summed E-state index contributed by atoms with van der Waals surface area (Å²) in [5.41, 5.74) is -0.571. The number of carbonyl (C=O) groups excluding carboxylic acids is 2. The molecule has 0 aromatic carbocycles. The van der Waals surface area contributed by atoms with Crippen LogP contribution < -0.4 is 5.32 Å². The van der Waals surface area contributed by atoms with E-state index in [9.17, 15) is 14.7 Å². The minimum absolute atomic E-state index is 0.295. The summed E-state index contributed by atoms with van der Waals surface area (Å²) >= 11 is 0. The number of aliphatic hydroxyl groups is 1. The number of ether oxygens (including phenoxy) is 2. The molecule has 1 amide bonds. The number of nitrogens with one attached hydrogen (secondary N) is 1. The Kier molecular flexibility index (Phi) is 5.17. The van der Waals surface area contributed by atoms with Crippen molar-refractivity contribution in [2.24, 2.45) is 5.92 Å². The standard InChI is InChI=1S/C13H23NO5/c1-13(2,3)19-12(17)14-9-6-5-8(7-10(9)15)11(16)18-4/h8-10,15H,5-7H2,1-4H3,(H,14,17)/t8-,9-,10+/m0/s1. The predicted molar refractivity (Wildman–Crippen MR) is 68.5 cm³/mol. The van der Waals surface area contributed by atoms with Crippen LogP contribution in [0.3, 0.4) is 0 Å². The van der Waals surface area contributed by atoms with E-state index in [2.05, 4.69) is 10.1 Å². The van der Waals surface area contributed by atoms with E-state index >= 15 is 0 Å². The van der Waals surface area contributed by atoms with Crippen LogP contribution in [0.1, 0.15) is 40.0 Å². The van der Waals surface area contributed by atoms with Crippen LogP contribution in [0.25, 0.3) is 0 Å². The Hall–Kier alpha value is -1.30. The summed E-state index contributed by atoms with van der Waals surface area (Å²) in [5.74, 6) is -0.605. The fraction of sp³-hybridized carbons (Fsp3) is 0.846. The van der Waals surface area contributed by atoms with Crippen molar-refractivity contribution in [3.63, 3.8) is 0 Å². The van der Waals surface area contributed by atoms with Gasteiger partial charge in [-0.2, -0.15) is 0 Å². The average Bonchev–Trinajstić information content (AvgIpc) is 2.28. The number of amides is 1. The molecule has 6 nitrogen and oxygen atoms in total. The van der Waals surface area contributed by atoms with Crippen molar-refractivity contribution in [2.75, 3.05) is 7.11 Å². The number of rotatable bonds is 2. The second kappa shape index (κ2) is 6.23. The van der Waals surface area contributed by atoms with Crippen molar-refractivity contribution in [1.82, 2.24) is 5.32 Å². The lowest BCUT2D eigenvalue weighted by molar-refractivity contribution is -0.148. The van der Waals surface area contributed by atoms with E-state index in [0.717, 1.165) is 0 Å². The second-order valence-corrected chi connectivity index (χ2v) is 5.85. The van der Waals surface area contributed by atoms with Crippen LogP contribution in [-0.4, -0.2) is 42.0 Å². The van der Waals surface area contributed by atoms with Crippen LogP contribution in [0, 0.1) is 5.92 Å². The molecule has 0 spiro atoms. The molecule has 0 bridgehead atoms. The molecular formula is C13H23NO5. The highest BCUT2D eigenvalue weighted by atomic mass is 16.6. The molecule has 1 aliphatic carbocycles. The third-order valence-corrected chi connectivity index (χ3v) is 3.05. The summed E-state index contributed by atoms with van der Waals surface area (Å²) in [6.07, 6.45) is 0.107. The lowest BCUT2D eigenvalue weighted by Gasteiger charge is -2.32. The number of hydrogen-bond donors (Lipinski definition) is 2. The molecule has 2 N–H and O–H groups in total. The summed E-state index contributed by atoms with van der Waals surface area (Å²) in [6.45, 7) is 5.32. The normalized spacial score (nSPS) is 27.5. The van der Waals surface area contributed by atoms with E-state index in [1.807, 2.05) is 0 Å². The molecule has 6 heteroatoms. The summed E-state index contributed by atoms with van der Waals surface area (Å²) in [7, 11) is 1.33. The zero-order chi connectivity index (χ0) is 14.6. The molecule has 0 radical (unpaired) electrons. The molecule has 1 saturated carbocycles. The molecule has 0 unspecified atom stereocenters. The van der Waals surface area contributed by atoms with Crippen molar-refractivity contribution in [2.45, 2.75) is 57.8 Å². The van der Waals surface area contributed by atoms with E-state index in [-0.39, 0.29) is 17.9 Å². The van der Waals surface area contributed by atoms with Crippen LogP contribution in [0.4, 0.5) is 4.79 Å². The van der Waals surface area contributed by atoms with Gasteiger partial charge in [0.1, 0.15) is 5.60 Å². The van der Waals surface area contributed by atoms with Gasteiger partial charge in [-0.3, -0.25) is 4.79 Å². The largest absolute Gasteiger partial charge is 0.469 e. The quantitative estimate of drug-likeness (QED) is 0.739. The highest BCUT2D eigenvalue weighted by Gasteiger charge is 2.34. The molecule has 0 aliphatic heterocycles. The SMILES string of the molecule is COC(=O)[C@H]1CC[C@H](NC(=O)OC(C)(C)C)[C@H](O)C1. The molecule has 3 atom stereocenters. The van der Waals surface area contributed by atoms with Crippen molar-refractivity contribution in [3.8, 4) is 0 Å². The zero-order valence-electron chi connectivity index (χ0n) is 11.9. The molecule has 0 heterocycles. The van der Waals surface area contributed by atoms with Gasteiger partial charge in [0.2, 0.25) is 0 Å². The van der Waals surface area contributed by atoms with Crippen molar-refractivity contribution < 1.29 is 24.2 Å². The number of carbonyl (C=O) groups is 2. The van der Waals surface area contributed by atoms with Gasteiger partial charge >= 0.3 is 12.1 Å². The van der Waals surface area contributed by atoms with Gasteiger partial charge in [0.05, 0.1) is 25.2 Å². The third kappa shape index (κ3) is 5.06. The zero-order valence-corrected chi connectivity index (χ0v) is 11.9.